The topological polar surface area (TPSA) is 48.8 Å². The Labute approximate surface area is 135 Å². The van der Waals surface area contributed by atoms with E-state index in [4.69, 9.17) is 17.7 Å². The Balaban J connectivity index is 1.86. The molecule has 2 aromatic carbocycles. The largest absolute Gasteiger partial charge is 0.207 e. The normalized spacial score (nSPS) is 9.95. The number of hydrogen-bond acceptors (Lipinski definition) is 4. The number of halogens is 1. The van der Waals surface area contributed by atoms with E-state index in [1.54, 1.807) is 36.0 Å². The van der Waals surface area contributed by atoms with Gasteiger partial charge < -0.3 is 0 Å². The quantitative estimate of drug-likeness (QED) is 0.224. The van der Waals surface area contributed by atoms with E-state index in [9.17, 15) is 4.39 Å². The highest BCUT2D eigenvalue weighted by molar-refractivity contribution is 8.46. The number of rotatable bonds is 4. The number of azide groups is 1. The second kappa shape index (κ2) is 8.05. The van der Waals surface area contributed by atoms with Crippen LogP contribution in [0, 0.1) is 5.82 Å². The van der Waals surface area contributed by atoms with Crippen LogP contribution < -0.4 is 0 Å². The van der Waals surface area contributed by atoms with Gasteiger partial charge in [0.2, 0.25) is 0 Å². The van der Waals surface area contributed by atoms with Crippen LogP contribution in [0.2, 0.25) is 0 Å². The lowest BCUT2D eigenvalue weighted by molar-refractivity contribution is 0.626. The van der Waals surface area contributed by atoms with Crippen LogP contribution in [-0.2, 0) is 5.75 Å². The molecular formula is C14H10FN3S3. The van der Waals surface area contributed by atoms with Crippen molar-refractivity contribution in [2.75, 3.05) is 0 Å². The Morgan fingerprint density at radius 2 is 1.81 bits per heavy atom. The Bertz CT molecular complexity index is 665. The van der Waals surface area contributed by atoms with Crippen molar-refractivity contribution in [3.8, 4) is 0 Å². The van der Waals surface area contributed by atoms with Crippen LogP contribution in [0.3, 0.4) is 0 Å². The van der Waals surface area contributed by atoms with Crippen molar-refractivity contribution >= 4 is 45.0 Å². The fourth-order valence-corrected chi connectivity index (χ4v) is 3.59. The van der Waals surface area contributed by atoms with Crippen LogP contribution in [0.15, 0.2) is 58.5 Å². The molecule has 3 nitrogen and oxygen atoms in total. The highest BCUT2D eigenvalue weighted by Crippen LogP contribution is 2.28. The molecule has 21 heavy (non-hydrogen) atoms. The predicted molar refractivity (Wildman–Crippen MR) is 91.4 cm³/mol. The lowest BCUT2D eigenvalue weighted by atomic mass is 10.2. The summed E-state index contributed by atoms with van der Waals surface area (Å²) in [6, 6.07) is 13.6. The van der Waals surface area contributed by atoms with Crippen LogP contribution >= 0.6 is 35.7 Å². The van der Waals surface area contributed by atoms with Gasteiger partial charge in [0.05, 0.1) is 0 Å². The van der Waals surface area contributed by atoms with Gasteiger partial charge >= 0.3 is 0 Å². The zero-order chi connectivity index (χ0) is 15.1. The SMILES string of the molecule is [N-]=[N+]=Nc1ccc(CSC(=S)Sc2ccc(F)cc2)cc1. The molecule has 0 amide bonds. The molecule has 0 atom stereocenters. The van der Waals surface area contributed by atoms with Crippen molar-refractivity contribution in [2.24, 2.45) is 5.11 Å². The number of thiocarbonyl (C=S) groups is 1. The van der Waals surface area contributed by atoms with Crippen molar-refractivity contribution in [1.82, 2.24) is 0 Å². The fraction of sp³-hybridized carbons (Fsp3) is 0.0714. The maximum atomic E-state index is 12.8. The van der Waals surface area contributed by atoms with Crippen molar-refractivity contribution in [3.05, 3.63) is 70.4 Å². The summed E-state index contributed by atoms with van der Waals surface area (Å²) in [5.41, 5.74) is 10.0. The molecule has 0 bridgehead atoms. The van der Waals surface area contributed by atoms with E-state index in [1.807, 2.05) is 12.1 Å². The summed E-state index contributed by atoms with van der Waals surface area (Å²) in [6.45, 7) is 0. The van der Waals surface area contributed by atoms with Crippen LogP contribution in [0.4, 0.5) is 10.1 Å². The molecule has 0 aliphatic heterocycles. The molecule has 106 valence electrons. The highest BCUT2D eigenvalue weighted by atomic mass is 32.2. The van der Waals surface area contributed by atoms with E-state index in [0.717, 1.165) is 19.7 Å². The summed E-state index contributed by atoms with van der Waals surface area (Å²) in [4.78, 5) is 3.66. The first-order valence-corrected chi connectivity index (χ1v) is 8.12. The first-order valence-electron chi connectivity index (χ1n) is 5.91. The van der Waals surface area contributed by atoms with Gasteiger partial charge in [-0.05, 0) is 35.4 Å². The van der Waals surface area contributed by atoms with Gasteiger partial charge in [-0.1, -0.05) is 53.4 Å². The molecule has 0 saturated carbocycles. The van der Waals surface area contributed by atoms with Crippen molar-refractivity contribution in [2.45, 2.75) is 10.6 Å². The summed E-state index contributed by atoms with van der Waals surface area (Å²) in [7, 11) is 0. The van der Waals surface area contributed by atoms with E-state index >= 15 is 0 Å². The van der Waals surface area contributed by atoms with E-state index in [1.165, 1.54) is 23.9 Å². The molecule has 0 saturated heterocycles. The zero-order valence-electron chi connectivity index (χ0n) is 10.8. The second-order valence-corrected chi connectivity index (χ2v) is 7.20. The maximum Gasteiger partial charge on any atom is 0.123 e. The monoisotopic (exact) mass is 335 g/mol. The molecule has 2 rings (SSSR count). The summed E-state index contributed by atoms with van der Waals surface area (Å²) in [5.74, 6) is 0.488. The first kappa shape index (κ1) is 15.9. The van der Waals surface area contributed by atoms with Gasteiger partial charge in [0.25, 0.3) is 0 Å². The molecule has 0 aliphatic carbocycles. The first-order chi connectivity index (χ1) is 10.2. The summed E-state index contributed by atoms with van der Waals surface area (Å²) in [5, 5.41) is 3.52. The minimum atomic E-state index is -0.252. The third-order valence-corrected chi connectivity index (χ3v) is 5.06. The van der Waals surface area contributed by atoms with Gasteiger partial charge in [0.1, 0.15) is 9.35 Å². The lowest BCUT2D eigenvalue weighted by Crippen LogP contribution is -1.85. The average Bonchev–Trinajstić information content (AvgIpc) is 2.49. The number of nitrogens with zero attached hydrogens (tertiary/aromatic N) is 3. The van der Waals surface area contributed by atoms with Gasteiger partial charge in [0, 0.05) is 21.2 Å². The number of thioether (sulfide) groups is 2. The molecule has 0 heterocycles. The average molecular weight is 335 g/mol. The Morgan fingerprint density at radius 1 is 1.14 bits per heavy atom. The van der Waals surface area contributed by atoms with Crippen LogP contribution in [0.25, 0.3) is 10.4 Å². The van der Waals surface area contributed by atoms with Gasteiger partial charge in [-0.25, -0.2) is 4.39 Å². The van der Waals surface area contributed by atoms with Gasteiger partial charge in [-0.15, -0.1) is 11.8 Å². The molecule has 0 aromatic heterocycles. The minimum Gasteiger partial charge on any atom is -0.207 e. The smallest absolute Gasteiger partial charge is 0.123 e. The summed E-state index contributed by atoms with van der Waals surface area (Å²) < 4.78 is 13.6. The maximum absolute atomic E-state index is 12.8. The number of benzene rings is 2. The Morgan fingerprint density at radius 3 is 2.43 bits per heavy atom. The summed E-state index contributed by atoms with van der Waals surface area (Å²) in [6.07, 6.45) is 0. The van der Waals surface area contributed by atoms with E-state index in [2.05, 4.69) is 10.0 Å². The van der Waals surface area contributed by atoms with E-state index in [-0.39, 0.29) is 5.82 Å². The third kappa shape index (κ3) is 5.40. The molecule has 0 unspecified atom stereocenters. The number of hydrogen-bond donors (Lipinski definition) is 0. The van der Waals surface area contributed by atoms with Crippen molar-refractivity contribution < 1.29 is 4.39 Å². The molecule has 0 radical (unpaired) electrons. The third-order valence-electron chi connectivity index (χ3n) is 2.47. The zero-order valence-corrected chi connectivity index (χ0v) is 13.2. The van der Waals surface area contributed by atoms with Gasteiger partial charge in [-0.3, -0.25) is 0 Å². The lowest BCUT2D eigenvalue weighted by Gasteiger charge is -2.04. The van der Waals surface area contributed by atoms with Gasteiger partial charge in [0.15, 0.2) is 0 Å². The van der Waals surface area contributed by atoms with Crippen molar-refractivity contribution in [3.63, 3.8) is 0 Å². The van der Waals surface area contributed by atoms with Crippen LogP contribution in [-0.4, -0.2) is 3.53 Å². The Kier molecular flexibility index (Phi) is 6.07. The van der Waals surface area contributed by atoms with Crippen molar-refractivity contribution in [1.29, 1.82) is 0 Å². The minimum absolute atomic E-state index is 0.252. The molecule has 0 fully saturated rings. The predicted octanol–water partition coefficient (Wildman–Crippen LogP) is 6.08. The highest BCUT2D eigenvalue weighted by Gasteiger charge is 2.03. The molecule has 0 N–H and O–H groups in total. The summed E-state index contributed by atoms with van der Waals surface area (Å²) >= 11 is 8.29. The molecule has 7 heteroatoms. The van der Waals surface area contributed by atoms with Crippen LogP contribution in [0.5, 0.6) is 0 Å². The van der Waals surface area contributed by atoms with E-state index in [0.29, 0.717) is 5.69 Å². The molecule has 2 aromatic rings. The fourth-order valence-electron chi connectivity index (χ4n) is 1.48. The molecule has 0 aliphatic rings. The second-order valence-electron chi connectivity index (χ2n) is 3.95. The van der Waals surface area contributed by atoms with E-state index < -0.39 is 0 Å². The standard InChI is InChI=1S/C14H10FN3S3/c15-11-3-7-13(8-4-11)21-14(19)20-9-10-1-5-12(6-2-10)17-18-16/h1-8H,9H2. The Hall–Kier alpha value is -1.53. The van der Waals surface area contributed by atoms with Crippen LogP contribution in [0.1, 0.15) is 5.56 Å². The molecular weight excluding hydrogens is 325 g/mol. The van der Waals surface area contributed by atoms with Gasteiger partial charge in [-0.2, -0.15) is 0 Å². The molecule has 0 spiro atoms.